The minimum absolute atomic E-state index is 0.247. The fraction of sp³-hybridized carbons (Fsp3) is 0.364. The van der Waals surface area contributed by atoms with Gasteiger partial charge in [0.2, 0.25) is 0 Å². The number of hydrogen-bond donors (Lipinski definition) is 1. The molecule has 0 aliphatic carbocycles. The van der Waals surface area contributed by atoms with Crippen molar-refractivity contribution in [3.05, 3.63) is 34.4 Å². The van der Waals surface area contributed by atoms with Crippen LogP contribution in [0.5, 0.6) is 0 Å². The van der Waals surface area contributed by atoms with Crippen LogP contribution in [0, 0.1) is 6.92 Å². The molecule has 0 saturated heterocycles. The molecule has 0 atom stereocenters. The highest BCUT2D eigenvalue weighted by atomic mass is 35.5. The summed E-state index contributed by atoms with van der Waals surface area (Å²) in [7, 11) is 3.54. The smallest absolute Gasteiger partial charge is 0.271 e. The lowest BCUT2D eigenvalue weighted by Gasteiger charge is -2.05. The molecular formula is C11H14ClN5O. The highest BCUT2D eigenvalue weighted by Gasteiger charge is 2.15. The quantitative estimate of drug-likeness (QED) is 0.904. The lowest BCUT2D eigenvalue weighted by Crippen LogP contribution is -2.25. The lowest BCUT2D eigenvalue weighted by atomic mass is 10.2. The van der Waals surface area contributed by atoms with Gasteiger partial charge in [-0.3, -0.25) is 14.2 Å². The fourth-order valence-electron chi connectivity index (χ4n) is 1.64. The second kappa shape index (κ2) is 4.81. The summed E-state index contributed by atoms with van der Waals surface area (Å²) >= 11 is 5.90. The van der Waals surface area contributed by atoms with Gasteiger partial charge in [0.05, 0.1) is 17.4 Å². The molecule has 0 saturated carbocycles. The molecular weight excluding hydrogens is 254 g/mol. The standard InChI is InChI=1S/C11H14ClN5O/c1-7-8(5-14-16(7)2)4-13-11(18)10-9(12)6-15-17(10)3/h5-6H,4H2,1-3H3,(H,13,18). The Morgan fingerprint density at radius 3 is 2.50 bits per heavy atom. The molecule has 0 aliphatic heterocycles. The molecule has 0 radical (unpaired) electrons. The molecule has 1 amide bonds. The highest BCUT2D eigenvalue weighted by Crippen LogP contribution is 2.14. The number of rotatable bonds is 3. The van der Waals surface area contributed by atoms with E-state index < -0.39 is 0 Å². The van der Waals surface area contributed by atoms with Gasteiger partial charge in [-0.15, -0.1) is 0 Å². The van der Waals surface area contributed by atoms with E-state index in [2.05, 4.69) is 15.5 Å². The molecule has 0 aromatic carbocycles. The Hall–Kier alpha value is -1.82. The lowest BCUT2D eigenvalue weighted by molar-refractivity contribution is 0.0941. The zero-order chi connectivity index (χ0) is 13.3. The molecule has 0 bridgehead atoms. The number of nitrogens with zero attached hydrogens (tertiary/aromatic N) is 4. The van der Waals surface area contributed by atoms with E-state index in [1.54, 1.807) is 17.9 Å². The largest absolute Gasteiger partial charge is 0.346 e. The number of amides is 1. The normalized spacial score (nSPS) is 10.7. The van der Waals surface area contributed by atoms with Gasteiger partial charge < -0.3 is 5.32 Å². The molecule has 96 valence electrons. The van der Waals surface area contributed by atoms with Crippen molar-refractivity contribution in [2.45, 2.75) is 13.5 Å². The van der Waals surface area contributed by atoms with Crippen LogP contribution in [-0.4, -0.2) is 25.5 Å². The van der Waals surface area contributed by atoms with E-state index in [9.17, 15) is 4.79 Å². The minimum atomic E-state index is -0.247. The average molecular weight is 268 g/mol. The van der Waals surface area contributed by atoms with Crippen molar-refractivity contribution < 1.29 is 4.79 Å². The van der Waals surface area contributed by atoms with Gasteiger partial charge in [-0.25, -0.2) is 0 Å². The van der Waals surface area contributed by atoms with Crippen molar-refractivity contribution in [3.63, 3.8) is 0 Å². The minimum Gasteiger partial charge on any atom is -0.346 e. The molecule has 0 aliphatic rings. The van der Waals surface area contributed by atoms with Crippen LogP contribution < -0.4 is 5.32 Å². The second-order valence-electron chi connectivity index (χ2n) is 4.03. The number of aryl methyl sites for hydroxylation is 2. The van der Waals surface area contributed by atoms with Gasteiger partial charge in [0.1, 0.15) is 5.69 Å². The third kappa shape index (κ3) is 2.24. The van der Waals surface area contributed by atoms with Gasteiger partial charge in [0.25, 0.3) is 5.91 Å². The van der Waals surface area contributed by atoms with Crippen molar-refractivity contribution in [1.29, 1.82) is 0 Å². The Bertz CT molecular complexity index is 567. The number of nitrogens with one attached hydrogen (secondary N) is 1. The fourth-order valence-corrected chi connectivity index (χ4v) is 1.89. The first-order chi connectivity index (χ1) is 8.50. The first-order valence-corrected chi connectivity index (χ1v) is 5.81. The first kappa shape index (κ1) is 12.6. The Labute approximate surface area is 110 Å². The van der Waals surface area contributed by atoms with E-state index in [4.69, 9.17) is 11.6 Å². The molecule has 0 unspecified atom stereocenters. The van der Waals surface area contributed by atoms with E-state index >= 15 is 0 Å². The molecule has 7 heteroatoms. The Balaban J connectivity index is 2.07. The van der Waals surface area contributed by atoms with Crippen LogP contribution in [-0.2, 0) is 20.6 Å². The number of carbonyl (C=O) groups is 1. The predicted molar refractivity (Wildman–Crippen MR) is 67.3 cm³/mol. The maximum absolute atomic E-state index is 12.0. The number of aromatic nitrogens is 4. The highest BCUT2D eigenvalue weighted by molar-refractivity contribution is 6.33. The number of hydrogen-bond acceptors (Lipinski definition) is 3. The van der Waals surface area contributed by atoms with Crippen molar-refractivity contribution in [2.75, 3.05) is 0 Å². The van der Waals surface area contributed by atoms with E-state index in [0.717, 1.165) is 11.3 Å². The third-order valence-corrected chi connectivity index (χ3v) is 3.16. The summed E-state index contributed by atoms with van der Waals surface area (Å²) in [5.41, 5.74) is 2.36. The van der Waals surface area contributed by atoms with Gasteiger partial charge in [-0.1, -0.05) is 11.6 Å². The number of carbonyl (C=O) groups excluding carboxylic acids is 1. The molecule has 2 rings (SSSR count). The average Bonchev–Trinajstić information content (AvgIpc) is 2.82. The summed E-state index contributed by atoms with van der Waals surface area (Å²) in [4.78, 5) is 12.0. The molecule has 1 N–H and O–H groups in total. The molecule has 2 aromatic rings. The van der Waals surface area contributed by atoms with E-state index in [0.29, 0.717) is 17.3 Å². The third-order valence-electron chi connectivity index (χ3n) is 2.89. The topological polar surface area (TPSA) is 64.7 Å². The van der Waals surface area contributed by atoms with Crippen molar-refractivity contribution in [3.8, 4) is 0 Å². The van der Waals surface area contributed by atoms with Gasteiger partial charge in [0, 0.05) is 31.9 Å². The van der Waals surface area contributed by atoms with Crippen molar-refractivity contribution in [1.82, 2.24) is 24.9 Å². The van der Waals surface area contributed by atoms with Gasteiger partial charge >= 0.3 is 0 Å². The van der Waals surface area contributed by atoms with Crippen LogP contribution >= 0.6 is 11.6 Å². The van der Waals surface area contributed by atoms with Crippen LogP contribution in [0.3, 0.4) is 0 Å². The Morgan fingerprint density at radius 1 is 1.33 bits per heavy atom. The van der Waals surface area contributed by atoms with E-state index in [1.165, 1.54) is 10.9 Å². The maximum Gasteiger partial charge on any atom is 0.271 e. The Morgan fingerprint density at radius 2 is 2.00 bits per heavy atom. The first-order valence-electron chi connectivity index (χ1n) is 5.44. The van der Waals surface area contributed by atoms with Crippen LogP contribution in [0.1, 0.15) is 21.7 Å². The van der Waals surface area contributed by atoms with Crippen LogP contribution in [0.2, 0.25) is 5.02 Å². The number of halogens is 1. The summed E-state index contributed by atoms with van der Waals surface area (Å²) in [5.74, 6) is -0.247. The summed E-state index contributed by atoms with van der Waals surface area (Å²) in [6.07, 6.45) is 3.19. The van der Waals surface area contributed by atoms with Crippen LogP contribution in [0.15, 0.2) is 12.4 Å². The van der Waals surface area contributed by atoms with Gasteiger partial charge in [0.15, 0.2) is 0 Å². The second-order valence-corrected chi connectivity index (χ2v) is 4.43. The zero-order valence-electron chi connectivity index (χ0n) is 10.4. The molecule has 6 nitrogen and oxygen atoms in total. The van der Waals surface area contributed by atoms with Gasteiger partial charge in [-0.05, 0) is 6.92 Å². The molecule has 0 fully saturated rings. The summed E-state index contributed by atoms with van der Waals surface area (Å²) in [6.45, 7) is 2.37. The monoisotopic (exact) mass is 267 g/mol. The zero-order valence-corrected chi connectivity index (χ0v) is 11.2. The van der Waals surface area contributed by atoms with E-state index in [1.807, 2.05) is 14.0 Å². The van der Waals surface area contributed by atoms with Crippen molar-refractivity contribution >= 4 is 17.5 Å². The van der Waals surface area contributed by atoms with E-state index in [-0.39, 0.29) is 5.91 Å². The van der Waals surface area contributed by atoms with Gasteiger partial charge in [-0.2, -0.15) is 10.2 Å². The van der Waals surface area contributed by atoms with Crippen LogP contribution in [0.4, 0.5) is 0 Å². The molecule has 2 heterocycles. The Kier molecular flexibility index (Phi) is 3.38. The van der Waals surface area contributed by atoms with Crippen molar-refractivity contribution in [2.24, 2.45) is 14.1 Å². The summed E-state index contributed by atoms with van der Waals surface area (Å²) < 4.78 is 3.21. The molecule has 2 aromatic heterocycles. The van der Waals surface area contributed by atoms with Crippen LogP contribution in [0.25, 0.3) is 0 Å². The SMILES string of the molecule is Cc1c(CNC(=O)c2c(Cl)cnn2C)cnn1C. The maximum atomic E-state index is 12.0. The molecule has 18 heavy (non-hydrogen) atoms. The summed E-state index contributed by atoms with van der Waals surface area (Å²) in [6, 6.07) is 0. The molecule has 0 spiro atoms. The summed E-state index contributed by atoms with van der Waals surface area (Å²) in [5, 5.41) is 11.2. The predicted octanol–water partition coefficient (Wildman–Crippen LogP) is 1.05.